The average Bonchev–Trinajstić information content (AvgIpc) is 2.71. The molecular weight excluding hydrogens is 350 g/mol. The minimum atomic E-state index is 0.310. The van der Waals surface area contributed by atoms with Crippen LogP contribution < -0.4 is 5.32 Å². The van der Waals surface area contributed by atoms with Crippen molar-refractivity contribution in [1.29, 1.82) is 0 Å². The van der Waals surface area contributed by atoms with Crippen molar-refractivity contribution < 1.29 is 5.11 Å². The lowest BCUT2D eigenvalue weighted by Gasteiger charge is -2.07. The van der Waals surface area contributed by atoms with Crippen LogP contribution in [-0.4, -0.2) is 23.9 Å². The molecule has 0 saturated carbocycles. The van der Waals surface area contributed by atoms with Crippen molar-refractivity contribution >= 4 is 11.8 Å². The fourth-order valence-corrected chi connectivity index (χ4v) is 3.87. The molecule has 3 aromatic rings. The Kier molecular flexibility index (Phi) is 7.82. The zero-order chi connectivity index (χ0) is 18.7. The number of phenolic OH excluding ortho intramolecular Hbond substituents is 1. The van der Waals surface area contributed by atoms with Crippen molar-refractivity contribution in [2.45, 2.75) is 24.2 Å². The maximum absolute atomic E-state index is 9.60. The largest absolute Gasteiger partial charge is 0.508 e. The molecule has 3 rings (SSSR count). The number of phenols is 1. The molecule has 2 N–H and O–H groups in total. The van der Waals surface area contributed by atoms with Gasteiger partial charge in [-0.25, -0.2) is 0 Å². The first-order valence-electron chi connectivity index (χ1n) is 9.58. The first kappa shape index (κ1) is 19.5. The van der Waals surface area contributed by atoms with Gasteiger partial charge in [0.1, 0.15) is 5.75 Å². The predicted octanol–water partition coefficient (Wildman–Crippen LogP) is 5.76. The zero-order valence-electron chi connectivity index (χ0n) is 15.6. The summed E-state index contributed by atoms with van der Waals surface area (Å²) in [6.45, 7) is 2.14. The molecule has 0 bridgehead atoms. The number of hydrogen-bond donors (Lipinski definition) is 2. The van der Waals surface area contributed by atoms with Crippen LogP contribution in [0.4, 0.5) is 0 Å². The third-order valence-corrected chi connectivity index (χ3v) is 5.56. The molecule has 0 heterocycles. The summed E-state index contributed by atoms with van der Waals surface area (Å²) in [6, 6.07) is 26.6. The first-order valence-corrected chi connectivity index (χ1v) is 10.6. The Labute approximate surface area is 166 Å². The van der Waals surface area contributed by atoms with Crippen molar-refractivity contribution in [2.24, 2.45) is 0 Å². The van der Waals surface area contributed by atoms with E-state index in [-0.39, 0.29) is 0 Å². The van der Waals surface area contributed by atoms with Crippen LogP contribution in [-0.2, 0) is 6.42 Å². The predicted molar refractivity (Wildman–Crippen MR) is 117 cm³/mol. The van der Waals surface area contributed by atoms with Gasteiger partial charge in [0.05, 0.1) is 0 Å². The van der Waals surface area contributed by atoms with Crippen LogP contribution in [0.3, 0.4) is 0 Å². The summed E-state index contributed by atoms with van der Waals surface area (Å²) in [6.07, 6.45) is 3.43. The second kappa shape index (κ2) is 10.8. The molecule has 0 aliphatic heterocycles. The number of thioether (sulfide) groups is 1. The molecule has 0 fully saturated rings. The van der Waals surface area contributed by atoms with E-state index in [1.165, 1.54) is 16.9 Å². The van der Waals surface area contributed by atoms with E-state index < -0.39 is 0 Å². The highest BCUT2D eigenvalue weighted by Crippen LogP contribution is 2.23. The van der Waals surface area contributed by atoms with Crippen LogP contribution in [0.1, 0.15) is 18.4 Å². The molecule has 0 aliphatic rings. The molecule has 0 atom stereocenters. The Morgan fingerprint density at radius 3 is 2.30 bits per heavy atom. The van der Waals surface area contributed by atoms with E-state index in [1.54, 1.807) is 12.1 Å². The molecule has 0 aromatic heterocycles. The van der Waals surface area contributed by atoms with Crippen LogP contribution in [0.25, 0.3) is 11.1 Å². The standard InChI is InChI=1S/C24H27NOS/c26-23-9-4-8-22(19-23)21-14-12-20(13-15-21)7-5-16-25-17-6-18-27-24-10-2-1-3-11-24/h1-4,8-15,19,25-26H,5-7,16-18H2. The van der Waals surface area contributed by atoms with Gasteiger partial charge < -0.3 is 10.4 Å². The Bertz CT molecular complexity index is 802. The normalized spacial score (nSPS) is 10.8. The number of hydrogen-bond acceptors (Lipinski definition) is 3. The number of nitrogens with one attached hydrogen (secondary N) is 1. The van der Waals surface area contributed by atoms with Crippen molar-refractivity contribution in [1.82, 2.24) is 5.32 Å². The summed E-state index contributed by atoms with van der Waals surface area (Å²) in [5.41, 5.74) is 3.56. The van der Waals surface area contributed by atoms with Gasteiger partial charge >= 0.3 is 0 Å². The van der Waals surface area contributed by atoms with Crippen molar-refractivity contribution in [2.75, 3.05) is 18.8 Å². The fraction of sp³-hybridized carbons (Fsp3) is 0.250. The van der Waals surface area contributed by atoms with Crippen LogP contribution in [0, 0.1) is 0 Å². The second-order valence-corrected chi connectivity index (χ2v) is 7.78. The van der Waals surface area contributed by atoms with Crippen LogP contribution in [0.2, 0.25) is 0 Å². The Morgan fingerprint density at radius 2 is 1.52 bits per heavy atom. The highest BCUT2D eigenvalue weighted by atomic mass is 32.2. The van der Waals surface area contributed by atoms with E-state index >= 15 is 0 Å². The molecule has 140 valence electrons. The Morgan fingerprint density at radius 1 is 0.741 bits per heavy atom. The SMILES string of the molecule is Oc1cccc(-c2ccc(CCCNCCCSc3ccccc3)cc2)c1. The first-order chi connectivity index (χ1) is 13.3. The highest BCUT2D eigenvalue weighted by Gasteiger charge is 2.00. The van der Waals surface area contributed by atoms with E-state index in [9.17, 15) is 5.11 Å². The van der Waals surface area contributed by atoms with E-state index in [2.05, 4.69) is 59.9 Å². The third-order valence-electron chi connectivity index (χ3n) is 4.46. The molecule has 0 spiro atoms. The van der Waals surface area contributed by atoms with Gasteiger partial charge in [0.25, 0.3) is 0 Å². The summed E-state index contributed by atoms with van der Waals surface area (Å²) in [5, 5.41) is 13.1. The van der Waals surface area contributed by atoms with E-state index in [0.29, 0.717) is 5.75 Å². The van der Waals surface area contributed by atoms with Crippen molar-refractivity contribution in [3.05, 3.63) is 84.4 Å². The third kappa shape index (κ3) is 6.78. The van der Waals surface area contributed by atoms with Gasteiger partial charge in [-0.1, -0.05) is 54.6 Å². The number of benzene rings is 3. The maximum atomic E-state index is 9.60. The average molecular weight is 378 g/mol. The molecular formula is C24H27NOS. The monoisotopic (exact) mass is 377 g/mol. The van der Waals surface area contributed by atoms with Gasteiger partial charge in [0.2, 0.25) is 0 Å². The molecule has 0 aliphatic carbocycles. The Hall–Kier alpha value is -2.23. The zero-order valence-corrected chi connectivity index (χ0v) is 16.4. The van der Waals surface area contributed by atoms with E-state index in [1.807, 2.05) is 23.9 Å². The van der Waals surface area contributed by atoms with E-state index in [0.717, 1.165) is 42.8 Å². The number of aromatic hydroxyl groups is 1. The summed E-state index contributed by atoms with van der Waals surface area (Å²) in [4.78, 5) is 1.35. The van der Waals surface area contributed by atoms with E-state index in [4.69, 9.17) is 0 Å². The molecule has 0 amide bonds. The maximum Gasteiger partial charge on any atom is 0.116 e. The van der Waals surface area contributed by atoms with Gasteiger partial charge in [-0.15, -0.1) is 11.8 Å². The van der Waals surface area contributed by atoms with Gasteiger partial charge in [-0.2, -0.15) is 0 Å². The summed E-state index contributed by atoms with van der Waals surface area (Å²) in [5.74, 6) is 1.47. The van der Waals surface area contributed by atoms with Gasteiger partial charge in [0.15, 0.2) is 0 Å². The molecule has 3 heteroatoms. The molecule has 0 unspecified atom stereocenters. The molecule has 27 heavy (non-hydrogen) atoms. The molecule has 0 saturated heterocycles. The number of aryl methyl sites for hydroxylation is 1. The lowest BCUT2D eigenvalue weighted by atomic mass is 10.0. The molecule has 0 radical (unpaired) electrons. The molecule has 3 aromatic carbocycles. The minimum absolute atomic E-state index is 0.310. The summed E-state index contributed by atoms with van der Waals surface area (Å²) >= 11 is 1.93. The Balaban J connectivity index is 1.29. The smallest absolute Gasteiger partial charge is 0.116 e. The van der Waals surface area contributed by atoms with Crippen molar-refractivity contribution in [3.63, 3.8) is 0 Å². The summed E-state index contributed by atoms with van der Waals surface area (Å²) in [7, 11) is 0. The summed E-state index contributed by atoms with van der Waals surface area (Å²) < 4.78 is 0. The second-order valence-electron chi connectivity index (χ2n) is 6.62. The van der Waals surface area contributed by atoms with Crippen LogP contribution in [0.15, 0.2) is 83.8 Å². The van der Waals surface area contributed by atoms with Gasteiger partial charge in [-0.3, -0.25) is 0 Å². The van der Waals surface area contributed by atoms with Crippen LogP contribution in [0.5, 0.6) is 5.75 Å². The lowest BCUT2D eigenvalue weighted by molar-refractivity contribution is 0.475. The highest BCUT2D eigenvalue weighted by molar-refractivity contribution is 7.99. The quantitative estimate of drug-likeness (QED) is 0.348. The topological polar surface area (TPSA) is 32.3 Å². The van der Waals surface area contributed by atoms with Gasteiger partial charge in [-0.05, 0) is 79.1 Å². The minimum Gasteiger partial charge on any atom is -0.508 e. The fourth-order valence-electron chi connectivity index (χ4n) is 3.00. The lowest BCUT2D eigenvalue weighted by Crippen LogP contribution is -2.17. The number of rotatable bonds is 10. The van der Waals surface area contributed by atoms with Gasteiger partial charge in [0, 0.05) is 4.90 Å². The van der Waals surface area contributed by atoms with Crippen molar-refractivity contribution in [3.8, 4) is 16.9 Å². The molecule has 2 nitrogen and oxygen atoms in total. The van der Waals surface area contributed by atoms with Crippen LogP contribution >= 0.6 is 11.8 Å².